The van der Waals surface area contributed by atoms with Crippen molar-refractivity contribution in [2.24, 2.45) is 5.16 Å². The Bertz CT molecular complexity index is 649. The Hall–Kier alpha value is -2.43. The van der Waals surface area contributed by atoms with E-state index in [9.17, 15) is 4.79 Å². The van der Waals surface area contributed by atoms with Crippen LogP contribution < -0.4 is 0 Å². The number of nitrogens with zero attached hydrogens (tertiary/aromatic N) is 2. The van der Waals surface area contributed by atoms with Crippen LogP contribution in [0.3, 0.4) is 0 Å². The van der Waals surface area contributed by atoms with Crippen molar-refractivity contribution in [3.8, 4) is 0 Å². The van der Waals surface area contributed by atoms with Gasteiger partial charge in [0.15, 0.2) is 5.71 Å². The summed E-state index contributed by atoms with van der Waals surface area (Å²) < 4.78 is 0. The number of carboxylic acids is 1. The van der Waals surface area contributed by atoms with Gasteiger partial charge in [0.2, 0.25) is 0 Å². The molecule has 17 heavy (non-hydrogen) atoms. The molecule has 1 aliphatic heterocycles. The molecule has 0 atom stereocenters. The Balaban J connectivity index is 2.32. The van der Waals surface area contributed by atoms with E-state index in [-0.39, 0.29) is 12.3 Å². The second-order valence-corrected chi connectivity index (χ2v) is 3.68. The number of hydrogen-bond acceptors (Lipinski definition) is 4. The molecule has 0 unspecified atom stereocenters. The Morgan fingerprint density at radius 1 is 1.35 bits per heavy atom. The van der Waals surface area contributed by atoms with E-state index in [0.717, 1.165) is 16.5 Å². The minimum absolute atomic E-state index is 0.0583. The maximum absolute atomic E-state index is 11.0. The van der Waals surface area contributed by atoms with Crippen molar-refractivity contribution in [1.82, 2.24) is 4.98 Å². The van der Waals surface area contributed by atoms with Gasteiger partial charge in [0.05, 0.1) is 5.52 Å². The smallest absolute Gasteiger partial charge is 0.358 e. The summed E-state index contributed by atoms with van der Waals surface area (Å²) in [5, 5.41) is 13.5. The first kappa shape index (κ1) is 9.77. The first-order valence-electron chi connectivity index (χ1n) is 5.07. The van der Waals surface area contributed by atoms with Crippen molar-refractivity contribution in [2.45, 2.75) is 6.61 Å². The molecular weight excluding hydrogens is 220 g/mol. The number of rotatable bonds is 1. The van der Waals surface area contributed by atoms with Crippen molar-refractivity contribution in [2.75, 3.05) is 0 Å². The minimum atomic E-state index is -1.09. The Labute approximate surface area is 96.3 Å². The topological polar surface area (TPSA) is 71.8 Å². The van der Waals surface area contributed by atoms with Crippen LogP contribution in [0, 0.1) is 0 Å². The summed E-state index contributed by atoms with van der Waals surface area (Å²) in [6, 6.07) is 7.22. The predicted octanol–water partition coefficient (Wildman–Crippen LogP) is 1.55. The SMILES string of the molecule is O=C(O)C1=NOCc2c1ccc1ncccc21. The molecule has 1 N–H and O–H groups in total. The van der Waals surface area contributed by atoms with Gasteiger partial charge in [0.25, 0.3) is 0 Å². The first-order valence-corrected chi connectivity index (χ1v) is 5.07. The summed E-state index contributed by atoms with van der Waals surface area (Å²) in [5.74, 6) is -1.09. The number of hydrogen-bond donors (Lipinski definition) is 1. The zero-order valence-corrected chi connectivity index (χ0v) is 8.75. The summed E-state index contributed by atoms with van der Waals surface area (Å²) in [5.41, 5.74) is 2.19. The van der Waals surface area contributed by atoms with Gasteiger partial charge in [-0.1, -0.05) is 11.2 Å². The molecule has 2 heterocycles. The van der Waals surface area contributed by atoms with E-state index < -0.39 is 5.97 Å². The number of carbonyl (C=O) groups is 1. The third-order valence-electron chi connectivity index (χ3n) is 2.72. The molecule has 5 heteroatoms. The fourth-order valence-electron chi connectivity index (χ4n) is 1.96. The molecule has 2 aromatic rings. The molecule has 3 rings (SSSR count). The number of oxime groups is 1. The second kappa shape index (κ2) is 3.55. The van der Waals surface area contributed by atoms with Gasteiger partial charge in [0, 0.05) is 22.7 Å². The standard InChI is InChI=1S/C12H8N2O3/c15-12(16)11-8-3-4-10-7(2-1-5-13-10)9(8)6-17-14-11/h1-5H,6H2,(H,15,16). The Morgan fingerprint density at radius 2 is 2.24 bits per heavy atom. The van der Waals surface area contributed by atoms with Crippen LogP contribution in [0.5, 0.6) is 0 Å². The minimum Gasteiger partial charge on any atom is -0.476 e. The molecule has 0 aliphatic carbocycles. The van der Waals surface area contributed by atoms with Gasteiger partial charge in [-0.05, 0) is 18.2 Å². The van der Waals surface area contributed by atoms with Crippen molar-refractivity contribution >= 4 is 22.6 Å². The lowest BCUT2D eigenvalue weighted by molar-refractivity contribution is -0.129. The van der Waals surface area contributed by atoms with Gasteiger partial charge < -0.3 is 9.94 Å². The fraction of sp³-hybridized carbons (Fsp3) is 0.0833. The van der Waals surface area contributed by atoms with Crippen molar-refractivity contribution in [3.63, 3.8) is 0 Å². The van der Waals surface area contributed by atoms with Crippen LogP contribution in [0.4, 0.5) is 0 Å². The summed E-state index contributed by atoms with van der Waals surface area (Å²) in [6.07, 6.45) is 1.70. The summed E-state index contributed by atoms with van der Waals surface area (Å²) in [4.78, 5) is 20.2. The Morgan fingerprint density at radius 3 is 3.06 bits per heavy atom. The summed E-state index contributed by atoms with van der Waals surface area (Å²) >= 11 is 0. The number of pyridine rings is 1. The quantitative estimate of drug-likeness (QED) is 0.803. The third-order valence-corrected chi connectivity index (χ3v) is 2.72. The number of carboxylic acid groups (broad SMARTS) is 1. The van der Waals surface area contributed by atoms with E-state index in [1.165, 1.54) is 0 Å². The van der Waals surface area contributed by atoms with Gasteiger partial charge in [0.1, 0.15) is 6.61 Å². The molecule has 0 fully saturated rings. The molecule has 5 nitrogen and oxygen atoms in total. The van der Waals surface area contributed by atoms with Crippen molar-refractivity contribution in [3.05, 3.63) is 41.6 Å². The van der Waals surface area contributed by atoms with E-state index in [2.05, 4.69) is 10.1 Å². The predicted molar refractivity (Wildman–Crippen MR) is 60.7 cm³/mol. The highest BCUT2D eigenvalue weighted by Gasteiger charge is 2.23. The van der Waals surface area contributed by atoms with Crippen molar-refractivity contribution < 1.29 is 14.7 Å². The van der Waals surface area contributed by atoms with Gasteiger partial charge in [-0.2, -0.15) is 0 Å². The molecule has 0 spiro atoms. The lowest BCUT2D eigenvalue weighted by Crippen LogP contribution is -2.20. The van der Waals surface area contributed by atoms with Crippen LogP contribution in [0.15, 0.2) is 35.6 Å². The average Bonchev–Trinajstić information content (AvgIpc) is 2.37. The van der Waals surface area contributed by atoms with Crippen LogP contribution in [-0.4, -0.2) is 21.8 Å². The van der Waals surface area contributed by atoms with E-state index in [1.807, 2.05) is 12.1 Å². The number of fused-ring (bicyclic) bond motifs is 3. The summed E-state index contributed by atoms with van der Waals surface area (Å²) in [7, 11) is 0. The van der Waals surface area contributed by atoms with E-state index in [4.69, 9.17) is 9.94 Å². The van der Waals surface area contributed by atoms with Crippen LogP contribution in [-0.2, 0) is 16.2 Å². The maximum atomic E-state index is 11.0. The lowest BCUT2D eigenvalue weighted by atomic mass is 9.98. The van der Waals surface area contributed by atoms with Crippen LogP contribution in [0.1, 0.15) is 11.1 Å². The van der Waals surface area contributed by atoms with Gasteiger partial charge in [-0.15, -0.1) is 0 Å². The van der Waals surface area contributed by atoms with Gasteiger partial charge >= 0.3 is 5.97 Å². The normalized spacial score (nSPS) is 13.8. The molecule has 0 radical (unpaired) electrons. The molecule has 0 saturated heterocycles. The van der Waals surface area contributed by atoms with E-state index in [1.54, 1.807) is 18.3 Å². The fourth-order valence-corrected chi connectivity index (χ4v) is 1.96. The zero-order valence-electron chi connectivity index (χ0n) is 8.75. The van der Waals surface area contributed by atoms with E-state index >= 15 is 0 Å². The maximum Gasteiger partial charge on any atom is 0.358 e. The highest BCUT2D eigenvalue weighted by atomic mass is 16.6. The number of aromatic nitrogens is 1. The molecule has 1 aromatic heterocycles. The molecule has 0 amide bonds. The molecule has 0 bridgehead atoms. The van der Waals surface area contributed by atoms with Gasteiger partial charge in [-0.25, -0.2) is 4.79 Å². The molecule has 0 saturated carbocycles. The molecule has 1 aromatic carbocycles. The summed E-state index contributed by atoms with van der Waals surface area (Å²) in [6.45, 7) is 0.273. The highest BCUT2D eigenvalue weighted by molar-refractivity contribution is 6.43. The third kappa shape index (κ3) is 1.44. The average molecular weight is 228 g/mol. The first-order chi connectivity index (χ1) is 8.27. The highest BCUT2D eigenvalue weighted by Crippen LogP contribution is 2.25. The number of aliphatic carboxylic acids is 1. The Kier molecular flexibility index (Phi) is 2.04. The number of benzene rings is 1. The largest absolute Gasteiger partial charge is 0.476 e. The van der Waals surface area contributed by atoms with Crippen molar-refractivity contribution in [1.29, 1.82) is 0 Å². The van der Waals surface area contributed by atoms with Crippen LogP contribution in [0.25, 0.3) is 10.9 Å². The van der Waals surface area contributed by atoms with E-state index in [0.29, 0.717) is 5.56 Å². The molecular formula is C12H8N2O3. The molecule has 1 aliphatic rings. The van der Waals surface area contributed by atoms with Crippen LogP contribution >= 0.6 is 0 Å². The zero-order chi connectivity index (χ0) is 11.8. The van der Waals surface area contributed by atoms with Gasteiger partial charge in [-0.3, -0.25) is 4.98 Å². The molecule has 84 valence electrons. The van der Waals surface area contributed by atoms with Crippen LogP contribution in [0.2, 0.25) is 0 Å². The lowest BCUT2D eigenvalue weighted by Gasteiger charge is -2.15. The monoisotopic (exact) mass is 228 g/mol. The second-order valence-electron chi connectivity index (χ2n) is 3.68.